The predicted octanol–water partition coefficient (Wildman–Crippen LogP) is 2.10. The lowest BCUT2D eigenvalue weighted by atomic mass is 9.99. The SMILES string of the molecule is CCCNC(=O)CC(C)c1cccnc1. The third kappa shape index (κ3) is 4.11. The first-order valence-electron chi connectivity index (χ1n) is 5.40. The van der Waals surface area contributed by atoms with Crippen LogP contribution in [0, 0.1) is 0 Å². The number of hydrogen-bond donors (Lipinski definition) is 1. The first-order valence-corrected chi connectivity index (χ1v) is 5.40. The fourth-order valence-electron chi connectivity index (χ4n) is 1.40. The van der Waals surface area contributed by atoms with Gasteiger partial charge in [0.05, 0.1) is 0 Å². The number of aromatic nitrogens is 1. The van der Waals surface area contributed by atoms with Gasteiger partial charge in [-0.25, -0.2) is 0 Å². The summed E-state index contributed by atoms with van der Waals surface area (Å²) in [5.74, 6) is 0.351. The topological polar surface area (TPSA) is 42.0 Å². The van der Waals surface area contributed by atoms with E-state index in [-0.39, 0.29) is 11.8 Å². The molecule has 3 nitrogen and oxygen atoms in total. The van der Waals surface area contributed by atoms with Crippen molar-refractivity contribution in [1.82, 2.24) is 10.3 Å². The molecule has 0 saturated carbocycles. The van der Waals surface area contributed by atoms with Crippen molar-refractivity contribution in [1.29, 1.82) is 0 Å². The van der Waals surface area contributed by atoms with Crippen molar-refractivity contribution >= 4 is 5.91 Å². The molecule has 1 atom stereocenters. The summed E-state index contributed by atoms with van der Waals surface area (Å²) in [4.78, 5) is 15.5. The first kappa shape index (κ1) is 11.7. The summed E-state index contributed by atoms with van der Waals surface area (Å²) in [6.45, 7) is 4.85. The Hall–Kier alpha value is -1.38. The Morgan fingerprint density at radius 1 is 1.60 bits per heavy atom. The number of carbonyl (C=O) groups excluding carboxylic acids is 1. The molecular weight excluding hydrogens is 188 g/mol. The van der Waals surface area contributed by atoms with E-state index in [1.807, 2.05) is 32.2 Å². The molecule has 1 aromatic heterocycles. The highest BCUT2D eigenvalue weighted by atomic mass is 16.1. The third-order valence-electron chi connectivity index (χ3n) is 2.32. The molecule has 0 fully saturated rings. The van der Waals surface area contributed by atoms with Crippen LogP contribution in [0.1, 0.15) is 38.2 Å². The van der Waals surface area contributed by atoms with Gasteiger partial charge in [-0.05, 0) is 24.0 Å². The molecule has 1 aromatic rings. The van der Waals surface area contributed by atoms with Crippen LogP contribution in [-0.4, -0.2) is 17.4 Å². The third-order valence-corrected chi connectivity index (χ3v) is 2.32. The predicted molar refractivity (Wildman–Crippen MR) is 60.6 cm³/mol. The van der Waals surface area contributed by atoms with E-state index in [0.717, 1.165) is 18.5 Å². The summed E-state index contributed by atoms with van der Waals surface area (Å²) < 4.78 is 0. The van der Waals surface area contributed by atoms with Crippen molar-refractivity contribution in [3.63, 3.8) is 0 Å². The number of amides is 1. The fraction of sp³-hybridized carbons (Fsp3) is 0.500. The monoisotopic (exact) mass is 206 g/mol. The normalized spacial score (nSPS) is 12.1. The first-order chi connectivity index (χ1) is 7.24. The molecule has 1 rings (SSSR count). The summed E-state index contributed by atoms with van der Waals surface area (Å²) in [5, 5.41) is 2.87. The van der Waals surface area contributed by atoms with Crippen molar-refractivity contribution in [2.75, 3.05) is 6.54 Å². The maximum absolute atomic E-state index is 11.5. The van der Waals surface area contributed by atoms with Crippen LogP contribution in [0.25, 0.3) is 0 Å². The molecule has 0 aliphatic carbocycles. The minimum atomic E-state index is 0.119. The Labute approximate surface area is 90.9 Å². The van der Waals surface area contributed by atoms with Crippen molar-refractivity contribution in [3.05, 3.63) is 30.1 Å². The highest BCUT2D eigenvalue weighted by Crippen LogP contribution is 2.16. The van der Waals surface area contributed by atoms with Crippen LogP contribution in [0.15, 0.2) is 24.5 Å². The van der Waals surface area contributed by atoms with Crippen LogP contribution in [0.2, 0.25) is 0 Å². The van der Waals surface area contributed by atoms with Crippen molar-refractivity contribution in [2.24, 2.45) is 0 Å². The second-order valence-corrected chi connectivity index (χ2v) is 3.74. The van der Waals surface area contributed by atoms with Gasteiger partial charge < -0.3 is 5.32 Å². The van der Waals surface area contributed by atoms with Gasteiger partial charge in [-0.2, -0.15) is 0 Å². The summed E-state index contributed by atoms with van der Waals surface area (Å²) >= 11 is 0. The Morgan fingerprint density at radius 3 is 3.00 bits per heavy atom. The average Bonchev–Trinajstić information content (AvgIpc) is 2.27. The van der Waals surface area contributed by atoms with E-state index in [9.17, 15) is 4.79 Å². The molecule has 0 spiro atoms. The number of hydrogen-bond acceptors (Lipinski definition) is 2. The van der Waals surface area contributed by atoms with E-state index < -0.39 is 0 Å². The lowest BCUT2D eigenvalue weighted by molar-refractivity contribution is -0.121. The lowest BCUT2D eigenvalue weighted by Gasteiger charge is -2.10. The largest absolute Gasteiger partial charge is 0.356 e. The lowest BCUT2D eigenvalue weighted by Crippen LogP contribution is -2.25. The van der Waals surface area contributed by atoms with Gasteiger partial charge in [0, 0.05) is 25.4 Å². The molecule has 0 saturated heterocycles. The highest BCUT2D eigenvalue weighted by Gasteiger charge is 2.10. The zero-order valence-corrected chi connectivity index (χ0v) is 9.36. The van der Waals surface area contributed by atoms with Crippen LogP contribution < -0.4 is 5.32 Å². The highest BCUT2D eigenvalue weighted by molar-refractivity contribution is 5.76. The van der Waals surface area contributed by atoms with Crippen LogP contribution >= 0.6 is 0 Å². The average molecular weight is 206 g/mol. The Kier molecular flexibility index (Phi) is 4.81. The minimum Gasteiger partial charge on any atom is -0.356 e. The van der Waals surface area contributed by atoms with E-state index >= 15 is 0 Å². The zero-order chi connectivity index (χ0) is 11.1. The quantitative estimate of drug-likeness (QED) is 0.801. The second-order valence-electron chi connectivity index (χ2n) is 3.74. The summed E-state index contributed by atoms with van der Waals surface area (Å²) in [6, 6.07) is 3.90. The summed E-state index contributed by atoms with van der Waals surface area (Å²) in [7, 11) is 0. The van der Waals surface area contributed by atoms with Gasteiger partial charge in [-0.3, -0.25) is 9.78 Å². The number of carbonyl (C=O) groups is 1. The molecule has 1 heterocycles. The van der Waals surface area contributed by atoms with E-state index in [1.54, 1.807) is 6.20 Å². The Balaban J connectivity index is 2.42. The number of nitrogens with one attached hydrogen (secondary N) is 1. The van der Waals surface area contributed by atoms with Crippen LogP contribution in [-0.2, 0) is 4.79 Å². The molecule has 1 N–H and O–H groups in total. The van der Waals surface area contributed by atoms with E-state index in [4.69, 9.17) is 0 Å². The number of rotatable bonds is 5. The van der Waals surface area contributed by atoms with Crippen molar-refractivity contribution in [2.45, 2.75) is 32.6 Å². The van der Waals surface area contributed by atoms with Gasteiger partial charge in [-0.15, -0.1) is 0 Å². The maximum Gasteiger partial charge on any atom is 0.220 e. The molecule has 1 amide bonds. The molecular formula is C12H18N2O. The second kappa shape index (κ2) is 6.17. The smallest absolute Gasteiger partial charge is 0.220 e. The van der Waals surface area contributed by atoms with Crippen LogP contribution in [0.5, 0.6) is 0 Å². The van der Waals surface area contributed by atoms with Gasteiger partial charge in [0.2, 0.25) is 5.91 Å². The zero-order valence-electron chi connectivity index (χ0n) is 9.36. The van der Waals surface area contributed by atoms with E-state index in [0.29, 0.717) is 6.42 Å². The Bertz CT molecular complexity index is 298. The van der Waals surface area contributed by atoms with Gasteiger partial charge in [0.1, 0.15) is 0 Å². The summed E-state index contributed by atoms with van der Waals surface area (Å²) in [5.41, 5.74) is 1.11. The van der Waals surface area contributed by atoms with Crippen LogP contribution in [0.3, 0.4) is 0 Å². The number of nitrogens with zero attached hydrogens (tertiary/aromatic N) is 1. The van der Waals surface area contributed by atoms with Crippen molar-refractivity contribution in [3.8, 4) is 0 Å². The van der Waals surface area contributed by atoms with Crippen molar-refractivity contribution < 1.29 is 4.79 Å². The molecule has 0 radical (unpaired) electrons. The number of pyridine rings is 1. The molecule has 1 unspecified atom stereocenters. The molecule has 15 heavy (non-hydrogen) atoms. The van der Waals surface area contributed by atoms with Gasteiger partial charge in [-0.1, -0.05) is 19.9 Å². The van der Waals surface area contributed by atoms with Gasteiger partial charge >= 0.3 is 0 Å². The maximum atomic E-state index is 11.5. The molecule has 82 valence electrons. The van der Waals surface area contributed by atoms with Gasteiger partial charge in [0.25, 0.3) is 0 Å². The van der Waals surface area contributed by atoms with Gasteiger partial charge in [0.15, 0.2) is 0 Å². The van der Waals surface area contributed by atoms with Crippen LogP contribution in [0.4, 0.5) is 0 Å². The molecule has 0 aromatic carbocycles. The molecule has 0 bridgehead atoms. The fourth-order valence-corrected chi connectivity index (χ4v) is 1.40. The minimum absolute atomic E-state index is 0.119. The molecule has 3 heteroatoms. The Morgan fingerprint density at radius 2 is 2.40 bits per heavy atom. The van der Waals surface area contributed by atoms with E-state index in [1.165, 1.54) is 0 Å². The molecule has 0 aliphatic rings. The van der Waals surface area contributed by atoms with E-state index in [2.05, 4.69) is 10.3 Å². The molecule has 0 aliphatic heterocycles. The standard InChI is InChI=1S/C12H18N2O/c1-3-6-14-12(15)8-10(2)11-5-4-7-13-9-11/h4-5,7,9-10H,3,6,8H2,1-2H3,(H,14,15). The summed E-state index contributed by atoms with van der Waals surface area (Å²) in [6.07, 6.45) is 5.07.